The van der Waals surface area contributed by atoms with Crippen molar-refractivity contribution in [2.45, 2.75) is 5.03 Å². The van der Waals surface area contributed by atoms with E-state index in [0.717, 1.165) is 10.9 Å². The fourth-order valence-electron chi connectivity index (χ4n) is 1.84. The fraction of sp³-hybridized carbons (Fsp3) is 0. The lowest BCUT2D eigenvalue weighted by molar-refractivity contribution is 0.597. The third-order valence-corrected chi connectivity index (χ3v) is 4.07. The van der Waals surface area contributed by atoms with Crippen LogP contribution in [-0.4, -0.2) is 18.4 Å². The van der Waals surface area contributed by atoms with Crippen molar-refractivity contribution in [2.24, 2.45) is 0 Å². The molecular weight excluding hydrogens is 274 g/mol. The average Bonchev–Trinajstić information content (AvgIpc) is 2.48. The zero-order valence-electron chi connectivity index (χ0n) is 10.4. The SMILES string of the molecule is O=S(=O)(Nc1ccc2cccnc2c1)c1ccccn1. The van der Waals surface area contributed by atoms with Crippen LogP contribution in [0.2, 0.25) is 0 Å². The standard InChI is InChI=1S/C14H11N3O2S/c18-20(19,14-5-1-2-8-16-14)17-12-7-6-11-4-3-9-15-13(11)10-12/h1-10,17H. The van der Waals surface area contributed by atoms with Crippen molar-refractivity contribution in [3.8, 4) is 0 Å². The highest BCUT2D eigenvalue weighted by atomic mass is 32.2. The van der Waals surface area contributed by atoms with Gasteiger partial charge in [-0.05, 0) is 30.3 Å². The van der Waals surface area contributed by atoms with E-state index in [1.165, 1.54) is 12.3 Å². The van der Waals surface area contributed by atoms with Gasteiger partial charge < -0.3 is 0 Å². The van der Waals surface area contributed by atoms with E-state index in [9.17, 15) is 8.42 Å². The van der Waals surface area contributed by atoms with Crippen LogP contribution in [0.5, 0.6) is 0 Å². The van der Waals surface area contributed by atoms with Gasteiger partial charge in [0.05, 0.1) is 11.2 Å². The quantitative estimate of drug-likeness (QED) is 0.802. The van der Waals surface area contributed by atoms with E-state index in [0.29, 0.717) is 5.69 Å². The van der Waals surface area contributed by atoms with E-state index in [1.807, 2.05) is 18.2 Å². The molecule has 0 amide bonds. The highest BCUT2D eigenvalue weighted by Gasteiger charge is 2.15. The Bertz CT molecular complexity index is 848. The normalized spacial score (nSPS) is 11.4. The maximum atomic E-state index is 12.1. The lowest BCUT2D eigenvalue weighted by Crippen LogP contribution is -2.14. The fourth-order valence-corrected chi connectivity index (χ4v) is 2.84. The zero-order valence-corrected chi connectivity index (χ0v) is 11.2. The molecule has 20 heavy (non-hydrogen) atoms. The van der Waals surface area contributed by atoms with Crippen molar-refractivity contribution in [3.63, 3.8) is 0 Å². The Hall–Kier alpha value is -2.47. The van der Waals surface area contributed by atoms with Crippen LogP contribution in [0.3, 0.4) is 0 Å². The minimum atomic E-state index is -3.67. The molecule has 3 aromatic rings. The maximum absolute atomic E-state index is 12.1. The third-order valence-electron chi connectivity index (χ3n) is 2.77. The molecule has 0 fully saturated rings. The van der Waals surface area contributed by atoms with Gasteiger partial charge in [0.25, 0.3) is 10.0 Å². The Morgan fingerprint density at radius 1 is 0.900 bits per heavy atom. The van der Waals surface area contributed by atoms with Crippen molar-refractivity contribution in [1.29, 1.82) is 0 Å². The molecule has 0 spiro atoms. The number of nitrogens with zero attached hydrogens (tertiary/aromatic N) is 2. The minimum absolute atomic E-state index is 0.0129. The summed E-state index contributed by atoms with van der Waals surface area (Å²) in [4.78, 5) is 8.04. The van der Waals surface area contributed by atoms with Crippen LogP contribution in [0.1, 0.15) is 0 Å². The van der Waals surface area contributed by atoms with Gasteiger partial charge in [0, 0.05) is 17.8 Å². The van der Waals surface area contributed by atoms with Crippen LogP contribution in [0, 0.1) is 0 Å². The van der Waals surface area contributed by atoms with Crippen LogP contribution in [0.15, 0.2) is 66.0 Å². The molecule has 2 heterocycles. The predicted octanol–water partition coefficient (Wildman–Crippen LogP) is 2.43. The molecular formula is C14H11N3O2S. The number of sulfonamides is 1. The smallest absolute Gasteiger partial charge is 0.278 e. The molecule has 0 radical (unpaired) electrons. The van der Waals surface area contributed by atoms with E-state index in [1.54, 1.807) is 30.5 Å². The first-order chi connectivity index (χ1) is 9.65. The van der Waals surface area contributed by atoms with Gasteiger partial charge in [-0.3, -0.25) is 9.71 Å². The molecule has 2 aromatic heterocycles. The summed E-state index contributed by atoms with van der Waals surface area (Å²) in [5.41, 5.74) is 1.19. The molecule has 0 saturated heterocycles. The average molecular weight is 285 g/mol. The van der Waals surface area contributed by atoms with Gasteiger partial charge in [-0.1, -0.05) is 18.2 Å². The van der Waals surface area contributed by atoms with Crippen LogP contribution in [0.25, 0.3) is 10.9 Å². The Morgan fingerprint density at radius 2 is 1.75 bits per heavy atom. The van der Waals surface area contributed by atoms with Crippen molar-refractivity contribution in [3.05, 3.63) is 60.9 Å². The van der Waals surface area contributed by atoms with Gasteiger partial charge in [0.15, 0.2) is 5.03 Å². The molecule has 0 aliphatic heterocycles. The number of pyridine rings is 2. The summed E-state index contributed by atoms with van der Waals surface area (Å²) in [6.07, 6.45) is 3.11. The van der Waals surface area contributed by atoms with Crippen LogP contribution in [0.4, 0.5) is 5.69 Å². The molecule has 0 aliphatic carbocycles. The second-order valence-corrected chi connectivity index (χ2v) is 5.81. The Balaban J connectivity index is 1.97. The van der Waals surface area contributed by atoms with E-state index in [4.69, 9.17) is 0 Å². The van der Waals surface area contributed by atoms with Gasteiger partial charge in [0.2, 0.25) is 0 Å². The molecule has 0 unspecified atom stereocenters. The highest BCUT2D eigenvalue weighted by Crippen LogP contribution is 2.19. The van der Waals surface area contributed by atoms with E-state index >= 15 is 0 Å². The monoisotopic (exact) mass is 285 g/mol. The van der Waals surface area contributed by atoms with Crippen molar-refractivity contribution < 1.29 is 8.42 Å². The summed E-state index contributed by atoms with van der Waals surface area (Å²) in [6, 6.07) is 13.7. The molecule has 0 bridgehead atoms. The largest absolute Gasteiger partial charge is 0.279 e. The number of nitrogens with one attached hydrogen (secondary N) is 1. The summed E-state index contributed by atoms with van der Waals surface area (Å²) < 4.78 is 26.8. The number of hydrogen-bond acceptors (Lipinski definition) is 4. The van der Waals surface area contributed by atoms with Crippen LogP contribution >= 0.6 is 0 Å². The number of benzene rings is 1. The minimum Gasteiger partial charge on any atom is -0.278 e. The molecule has 6 heteroatoms. The van der Waals surface area contributed by atoms with Gasteiger partial charge in [-0.25, -0.2) is 4.98 Å². The first-order valence-corrected chi connectivity index (χ1v) is 7.42. The Kier molecular flexibility index (Phi) is 3.08. The van der Waals surface area contributed by atoms with Gasteiger partial charge in [0.1, 0.15) is 0 Å². The van der Waals surface area contributed by atoms with Gasteiger partial charge in [-0.15, -0.1) is 0 Å². The molecule has 1 aromatic carbocycles. The van der Waals surface area contributed by atoms with Gasteiger partial charge in [-0.2, -0.15) is 8.42 Å². The molecule has 3 rings (SSSR count). The van der Waals surface area contributed by atoms with Crippen molar-refractivity contribution >= 4 is 26.6 Å². The number of aromatic nitrogens is 2. The molecule has 100 valence electrons. The third kappa shape index (κ3) is 2.46. The highest BCUT2D eigenvalue weighted by molar-refractivity contribution is 7.92. The number of fused-ring (bicyclic) bond motifs is 1. The van der Waals surface area contributed by atoms with E-state index in [2.05, 4.69) is 14.7 Å². The topological polar surface area (TPSA) is 72.0 Å². The van der Waals surface area contributed by atoms with Crippen LogP contribution < -0.4 is 4.72 Å². The summed E-state index contributed by atoms with van der Waals surface area (Å²) in [7, 11) is -3.67. The van der Waals surface area contributed by atoms with Crippen molar-refractivity contribution in [1.82, 2.24) is 9.97 Å². The summed E-state index contributed by atoms with van der Waals surface area (Å²) in [6.45, 7) is 0. The Labute approximate surface area is 116 Å². The second kappa shape index (κ2) is 4.90. The van der Waals surface area contributed by atoms with E-state index < -0.39 is 10.0 Å². The molecule has 0 aliphatic rings. The molecule has 0 saturated carbocycles. The maximum Gasteiger partial charge on any atom is 0.279 e. The summed E-state index contributed by atoms with van der Waals surface area (Å²) in [5.74, 6) is 0. The van der Waals surface area contributed by atoms with Gasteiger partial charge >= 0.3 is 0 Å². The lowest BCUT2D eigenvalue weighted by atomic mass is 10.2. The Morgan fingerprint density at radius 3 is 2.55 bits per heavy atom. The number of anilines is 1. The van der Waals surface area contributed by atoms with Crippen molar-refractivity contribution in [2.75, 3.05) is 4.72 Å². The predicted molar refractivity (Wildman–Crippen MR) is 76.8 cm³/mol. The summed E-state index contributed by atoms with van der Waals surface area (Å²) in [5, 5.41) is 0.939. The first-order valence-electron chi connectivity index (χ1n) is 5.94. The molecule has 5 nitrogen and oxygen atoms in total. The second-order valence-electron chi connectivity index (χ2n) is 4.18. The number of rotatable bonds is 3. The van der Waals surface area contributed by atoms with E-state index in [-0.39, 0.29) is 5.03 Å². The zero-order chi connectivity index (χ0) is 14.0. The molecule has 0 atom stereocenters. The lowest BCUT2D eigenvalue weighted by Gasteiger charge is -2.07. The number of hydrogen-bond donors (Lipinski definition) is 1. The van der Waals surface area contributed by atoms with Crippen LogP contribution in [-0.2, 0) is 10.0 Å². The first kappa shape index (κ1) is 12.6. The molecule has 1 N–H and O–H groups in total. The summed E-state index contributed by atoms with van der Waals surface area (Å²) >= 11 is 0.